The lowest BCUT2D eigenvalue weighted by atomic mass is 10.2. The Bertz CT molecular complexity index is 662. The lowest BCUT2D eigenvalue weighted by Crippen LogP contribution is -2.26. The molecule has 1 fully saturated rings. The fraction of sp³-hybridized carbons (Fsp3) is 0.375. The van der Waals surface area contributed by atoms with E-state index in [1.807, 2.05) is 13.0 Å². The van der Waals surface area contributed by atoms with Crippen molar-refractivity contribution in [1.29, 1.82) is 0 Å². The number of anilines is 1. The van der Waals surface area contributed by atoms with Crippen LogP contribution in [0.2, 0.25) is 0 Å². The van der Waals surface area contributed by atoms with Crippen molar-refractivity contribution in [2.75, 3.05) is 18.4 Å². The molecule has 0 radical (unpaired) electrons. The van der Waals surface area contributed by atoms with Crippen molar-refractivity contribution in [2.24, 2.45) is 0 Å². The molecule has 1 N–H and O–H groups in total. The van der Waals surface area contributed by atoms with E-state index < -0.39 is 11.6 Å². The van der Waals surface area contributed by atoms with E-state index in [0.29, 0.717) is 12.5 Å². The molecule has 3 rings (SSSR count). The van der Waals surface area contributed by atoms with E-state index in [2.05, 4.69) is 20.2 Å². The van der Waals surface area contributed by atoms with Gasteiger partial charge in [0.05, 0.1) is 0 Å². The van der Waals surface area contributed by atoms with E-state index >= 15 is 0 Å². The molecule has 0 saturated carbocycles. The number of nitrogens with one attached hydrogen (secondary N) is 1. The van der Waals surface area contributed by atoms with E-state index in [9.17, 15) is 8.78 Å². The molecule has 1 aromatic heterocycles. The van der Waals surface area contributed by atoms with Crippen LogP contribution < -0.4 is 5.32 Å². The molecule has 2 aromatic rings. The van der Waals surface area contributed by atoms with Crippen LogP contribution in [0, 0.1) is 18.6 Å². The van der Waals surface area contributed by atoms with E-state index in [1.54, 1.807) is 12.3 Å². The Balaban J connectivity index is 1.57. The zero-order valence-electron chi connectivity index (χ0n) is 12.4. The first-order valence-corrected chi connectivity index (χ1v) is 7.32. The molecule has 22 heavy (non-hydrogen) atoms. The molecule has 0 aliphatic carbocycles. The molecule has 1 unspecified atom stereocenters. The van der Waals surface area contributed by atoms with Crippen molar-refractivity contribution in [2.45, 2.75) is 25.9 Å². The van der Waals surface area contributed by atoms with Gasteiger partial charge in [0.1, 0.15) is 0 Å². The first-order chi connectivity index (χ1) is 10.6. The second-order valence-corrected chi connectivity index (χ2v) is 5.64. The number of likely N-dealkylation sites (tertiary alicyclic amines) is 1. The van der Waals surface area contributed by atoms with Crippen molar-refractivity contribution in [3.05, 3.63) is 53.4 Å². The van der Waals surface area contributed by atoms with Crippen molar-refractivity contribution < 1.29 is 8.78 Å². The fourth-order valence-electron chi connectivity index (χ4n) is 2.69. The van der Waals surface area contributed by atoms with Gasteiger partial charge in [0, 0.05) is 37.6 Å². The van der Waals surface area contributed by atoms with Gasteiger partial charge in [-0.25, -0.2) is 18.7 Å². The standard InChI is InChI=1S/C16H18F2N4/c1-11-4-6-19-16(20-11)21-13-5-7-22(10-13)9-12-2-3-14(17)15(18)8-12/h2-4,6,8,13H,5,7,9-10H2,1H3,(H,19,20,21). The molecule has 1 aliphatic heterocycles. The van der Waals surface area contributed by atoms with E-state index in [-0.39, 0.29) is 6.04 Å². The summed E-state index contributed by atoms with van der Waals surface area (Å²) in [5, 5.41) is 3.32. The molecule has 0 spiro atoms. The molecular formula is C16H18F2N4. The first kappa shape index (κ1) is 14.8. The minimum atomic E-state index is -0.804. The van der Waals surface area contributed by atoms with E-state index in [1.165, 1.54) is 12.1 Å². The Hall–Kier alpha value is -2.08. The number of hydrogen-bond acceptors (Lipinski definition) is 4. The summed E-state index contributed by atoms with van der Waals surface area (Å²) in [6, 6.07) is 6.20. The minimum absolute atomic E-state index is 0.270. The molecule has 1 atom stereocenters. The van der Waals surface area contributed by atoms with Crippen LogP contribution in [-0.2, 0) is 6.54 Å². The van der Waals surface area contributed by atoms with Crippen LogP contribution in [0.3, 0.4) is 0 Å². The van der Waals surface area contributed by atoms with Crippen LogP contribution in [0.15, 0.2) is 30.5 Å². The number of nitrogens with zero attached hydrogens (tertiary/aromatic N) is 3. The highest BCUT2D eigenvalue weighted by Crippen LogP contribution is 2.17. The molecule has 0 bridgehead atoms. The maximum atomic E-state index is 13.2. The van der Waals surface area contributed by atoms with E-state index in [4.69, 9.17) is 0 Å². The second kappa shape index (κ2) is 6.36. The van der Waals surface area contributed by atoms with Crippen LogP contribution >= 0.6 is 0 Å². The predicted octanol–water partition coefficient (Wildman–Crippen LogP) is 2.75. The summed E-state index contributed by atoms with van der Waals surface area (Å²) in [5.41, 5.74) is 1.71. The quantitative estimate of drug-likeness (QED) is 0.943. The molecule has 4 nitrogen and oxygen atoms in total. The highest BCUT2D eigenvalue weighted by atomic mass is 19.2. The molecule has 1 saturated heterocycles. The van der Waals surface area contributed by atoms with Crippen molar-refractivity contribution in [1.82, 2.24) is 14.9 Å². The monoisotopic (exact) mass is 304 g/mol. The number of hydrogen-bond donors (Lipinski definition) is 1. The lowest BCUT2D eigenvalue weighted by Gasteiger charge is -2.17. The van der Waals surface area contributed by atoms with Crippen LogP contribution in [0.1, 0.15) is 17.7 Å². The topological polar surface area (TPSA) is 41.1 Å². The Morgan fingerprint density at radius 2 is 2.14 bits per heavy atom. The minimum Gasteiger partial charge on any atom is -0.350 e. The second-order valence-electron chi connectivity index (χ2n) is 5.64. The fourth-order valence-corrected chi connectivity index (χ4v) is 2.69. The van der Waals surface area contributed by atoms with Gasteiger partial charge in [-0.15, -0.1) is 0 Å². The number of rotatable bonds is 4. The molecule has 0 amide bonds. The van der Waals surface area contributed by atoms with Crippen LogP contribution in [0.25, 0.3) is 0 Å². The zero-order valence-corrected chi connectivity index (χ0v) is 12.4. The highest BCUT2D eigenvalue weighted by molar-refractivity contribution is 5.27. The van der Waals surface area contributed by atoms with Crippen molar-refractivity contribution in [3.63, 3.8) is 0 Å². The Kier molecular flexibility index (Phi) is 4.29. The summed E-state index contributed by atoms with van der Waals surface area (Å²) in [7, 11) is 0. The third-order valence-electron chi connectivity index (χ3n) is 3.79. The van der Waals surface area contributed by atoms with Gasteiger partial charge in [-0.3, -0.25) is 4.90 Å². The van der Waals surface area contributed by atoms with Gasteiger partial charge < -0.3 is 5.32 Å². The SMILES string of the molecule is Cc1ccnc(NC2CCN(Cc3ccc(F)c(F)c3)C2)n1. The van der Waals surface area contributed by atoms with Gasteiger partial charge in [-0.05, 0) is 37.1 Å². The molecule has 1 aromatic carbocycles. The summed E-state index contributed by atoms with van der Waals surface area (Å²) in [4.78, 5) is 10.7. The van der Waals surface area contributed by atoms with Gasteiger partial charge in [0.25, 0.3) is 0 Å². The van der Waals surface area contributed by atoms with E-state index in [0.717, 1.165) is 30.8 Å². The number of aryl methyl sites for hydroxylation is 1. The predicted molar refractivity (Wildman–Crippen MR) is 80.4 cm³/mol. The van der Waals surface area contributed by atoms with Crippen molar-refractivity contribution >= 4 is 5.95 Å². The maximum absolute atomic E-state index is 13.2. The molecule has 2 heterocycles. The molecule has 116 valence electrons. The lowest BCUT2D eigenvalue weighted by molar-refractivity contribution is 0.327. The Morgan fingerprint density at radius 3 is 2.91 bits per heavy atom. The normalized spacial score (nSPS) is 18.6. The molecule has 1 aliphatic rings. The Labute approximate surface area is 128 Å². The van der Waals surface area contributed by atoms with Gasteiger partial charge >= 0.3 is 0 Å². The maximum Gasteiger partial charge on any atom is 0.223 e. The smallest absolute Gasteiger partial charge is 0.223 e. The van der Waals surface area contributed by atoms with Gasteiger partial charge in [0.2, 0.25) is 5.95 Å². The third-order valence-corrected chi connectivity index (χ3v) is 3.79. The summed E-state index contributed by atoms with van der Waals surface area (Å²) in [6.07, 6.45) is 2.71. The zero-order chi connectivity index (χ0) is 15.5. The number of halogens is 2. The summed E-state index contributed by atoms with van der Waals surface area (Å²) >= 11 is 0. The van der Waals surface area contributed by atoms with Gasteiger partial charge in [-0.2, -0.15) is 0 Å². The average Bonchev–Trinajstić information content (AvgIpc) is 2.90. The van der Waals surface area contributed by atoms with Crippen LogP contribution in [0.4, 0.5) is 14.7 Å². The summed E-state index contributed by atoms with van der Waals surface area (Å²) in [5.74, 6) is -0.958. The van der Waals surface area contributed by atoms with Crippen molar-refractivity contribution in [3.8, 4) is 0 Å². The average molecular weight is 304 g/mol. The largest absolute Gasteiger partial charge is 0.350 e. The third kappa shape index (κ3) is 3.57. The van der Waals surface area contributed by atoms with Gasteiger partial charge in [0.15, 0.2) is 11.6 Å². The highest BCUT2D eigenvalue weighted by Gasteiger charge is 2.23. The number of benzene rings is 1. The molecule has 6 heteroatoms. The molecular weight excluding hydrogens is 286 g/mol. The van der Waals surface area contributed by atoms with Gasteiger partial charge in [-0.1, -0.05) is 6.07 Å². The number of aromatic nitrogens is 2. The first-order valence-electron chi connectivity index (χ1n) is 7.32. The summed E-state index contributed by atoms with van der Waals surface area (Å²) < 4.78 is 26.2. The summed E-state index contributed by atoms with van der Waals surface area (Å²) in [6.45, 7) is 4.28. The van der Waals surface area contributed by atoms with Crippen LogP contribution in [-0.4, -0.2) is 34.0 Å². The Morgan fingerprint density at radius 1 is 1.27 bits per heavy atom. The van der Waals surface area contributed by atoms with Crippen LogP contribution in [0.5, 0.6) is 0 Å².